The van der Waals surface area contributed by atoms with Gasteiger partial charge in [-0.25, -0.2) is 0 Å². The zero-order valence-electron chi connectivity index (χ0n) is 10.6. The first-order valence-corrected chi connectivity index (χ1v) is 6.18. The van der Waals surface area contributed by atoms with Crippen LogP contribution in [0.15, 0.2) is 48.7 Å². The number of nitrogens with one attached hydrogen (secondary N) is 1. The number of aromatic nitrogens is 1. The predicted octanol–water partition coefficient (Wildman–Crippen LogP) is 3.97. The summed E-state index contributed by atoms with van der Waals surface area (Å²) < 4.78 is 0. The Hall–Kier alpha value is -2.09. The number of pyridine rings is 1. The molecule has 0 unspecified atom stereocenters. The first kappa shape index (κ1) is 11.0. The summed E-state index contributed by atoms with van der Waals surface area (Å²) in [7, 11) is 0. The molecular formula is C16H16N2. The van der Waals surface area contributed by atoms with Crippen molar-refractivity contribution >= 4 is 11.8 Å². The molecule has 0 spiro atoms. The second-order valence-electron chi connectivity index (χ2n) is 5.16. The zero-order chi connectivity index (χ0) is 12.6. The lowest BCUT2D eigenvalue weighted by atomic mass is 9.93. The Labute approximate surface area is 107 Å². The van der Waals surface area contributed by atoms with Gasteiger partial charge in [0.2, 0.25) is 0 Å². The predicted molar refractivity (Wildman–Crippen MR) is 76.4 cm³/mol. The molecule has 90 valence electrons. The summed E-state index contributed by atoms with van der Waals surface area (Å²) in [5.41, 5.74) is 4.59. The molecule has 0 amide bonds. The lowest BCUT2D eigenvalue weighted by molar-refractivity contribution is 0.711. The molecule has 0 bridgehead atoms. The summed E-state index contributed by atoms with van der Waals surface area (Å²) in [6.07, 6.45) is 6.22. The highest BCUT2D eigenvalue weighted by Crippen LogP contribution is 2.34. The van der Waals surface area contributed by atoms with Gasteiger partial charge in [-0.3, -0.25) is 4.98 Å². The van der Waals surface area contributed by atoms with E-state index >= 15 is 0 Å². The maximum absolute atomic E-state index is 4.43. The van der Waals surface area contributed by atoms with E-state index in [9.17, 15) is 0 Å². The number of rotatable bonds is 1. The lowest BCUT2D eigenvalue weighted by Gasteiger charge is -2.29. The van der Waals surface area contributed by atoms with Gasteiger partial charge in [0.15, 0.2) is 0 Å². The minimum absolute atomic E-state index is 0.00966. The average Bonchev–Trinajstić information content (AvgIpc) is 2.37. The maximum Gasteiger partial charge on any atom is 0.0708 e. The number of anilines is 1. The molecule has 3 rings (SSSR count). The third-order valence-electron chi connectivity index (χ3n) is 3.17. The zero-order valence-corrected chi connectivity index (χ0v) is 10.6. The summed E-state index contributed by atoms with van der Waals surface area (Å²) in [4.78, 5) is 4.43. The highest BCUT2D eigenvalue weighted by Gasteiger charge is 2.20. The van der Waals surface area contributed by atoms with Crippen molar-refractivity contribution in [1.29, 1.82) is 0 Å². The minimum atomic E-state index is 0.00966. The van der Waals surface area contributed by atoms with Crippen molar-refractivity contribution in [2.75, 3.05) is 5.32 Å². The van der Waals surface area contributed by atoms with Gasteiger partial charge in [-0.15, -0.1) is 0 Å². The van der Waals surface area contributed by atoms with Crippen molar-refractivity contribution < 1.29 is 0 Å². The molecule has 1 aliphatic heterocycles. The van der Waals surface area contributed by atoms with Crippen LogP contribution in [0.25, 0.3) is 17.3 Å². The second kappa shape index (κ2) is 3.98. The van der Waals surface area contributed by atoms with Gasteiger partial charge >= 0.3 is 0 Å². The van der Waals surface area contributed by atoms with E-state index in [0.717, 1.165) is 5.69 Å². The standard InChI is InChI=1S/C16H16N2/c1-16(2)10-9-13-12(6-5-8-15(13)18-16)14-7-3-4-11-17-14/h3-11,18H,1-2H3. The third kappa shape index (κ3) is 1.90. The molecule has 2 heteroatoms. The molecule has 0 aliphatic carbocycles. The molecule has 1 N–H and O–H groups in total. The van der Waals surface area contributed by atoms with Crippen molar-refractivity contribution in [3.8, 4) is 11.3 Å². The molecule has 0 saturated carbocycles. The van der Waals surface area contributed by atoms with Gasteiger partial charge in [0.25, 0.3) is 0 Å². The van der Waals surface area contributed by atoms with Crippen molar-refractivity contribution in [1.82, 2.24) is 4.98 Å². The number of fused-ring (bicyclic) bond motifs is 1. The van der Waals surface area contributed by atoms with Crippen LogP contribution < -0.4 is 5.32 Å². The molecule has 0 radical (unpaired) electrons. The van der Waals surface area contributed by atoms with Crippen LogP contribution in [-0.2, 0) is 0 Å². The van der Waals surface area contributed by atoms with Crippen LogP contribution >= 0.6 is 0 Å². The van der Waals surface area contributed by atoms with Gasteiger partial charge in [-0.2, -0.15) is 0 Å². The normalized spacial score (nSPS) is 15.9. The summed E-state index contributed by atoms with van der Waals surface area (Å²) in [6.45, 7) is 4.33. The summed E-state index contributed by atoms with van der Waals surface area (Å²) in [6, 6.07) is 12.3. The molecule has 0 fully saturated rings. The largest absolute Gasteiger partial charge is 0.376 e. The van der Waals surface area contributed by atoms with Crippen LogP contribution in [-0.4, -0.2) is 10.5 Å². The molecule has 2 aromatic rings. The minimum Gasteiger partial charge on any atom is -0.376 e. The second-order valence-corrected chi connectivity index (χ2v) is 5.16. The van der Waals surface area contributed by atoms with Crippen LogP contribution in [0.1, 0.15) is 19.4 Å². The Morgan fingerprint density at radius 3 is 2.72 bits per heavy atom. The van der Waals surface area contributed by atoms with Gasteiger partial charge < -0.3 is 5.32 Å². The van der Waals surface area contributed by atoms with Gasteiger partial charge in [0, 0.05) is 23.0 Å². The van der Waals surface area contributed by atoms with Crippen LogP contribution in [0.2, 0.25) is 0 Å². The molecular weight excluding hydrogens is 220 g/mol. The molecule has 18 heavy (non-hydrogen) atoms. The highest BCUT2D eigenvalue weighted by atomic mass is 15.0. The topological polar surface area (TPSA) is 24.9 Å². The van der Waals surface area contributed by atoms with Crippen molar-refractivity contribution in [2.45, 2.75) is 19.4 Å². The Morgan fingerprint density at radius 2 is 1.94 bits per heavy atom. The summed E-state index contributed by atoms with van der Waals surface area (Å²) in [5.74, 6) is 0. The van der Waals surface area contributed by atoms with E-state index in [1.165, 1.54) is 16.8 Å². The number of benzene rings is 1. The smallest absolute Gasteiger partial charge is 0.0708 e. The fraction of sp³-hybridized carbons (Fsp3) is 0.188. The van der Waals surface area contributed by atoms with Gasteiger partial charge in [0.05, 0.1) is 11.2 Å². The molecule has 0 atom stereocenters. The third-order valence-corrected chi connectivity index (χ3v) is 3.17. The average molecular weight is 236 g/mol. The van der Waals surface area contributed by atoms with Crippen LogP contribution in [0, 0.1) is 0 Å². The Balaban J connectivity index is 2.15. The van der Waals surface area contributed by atoms with Gasteiger partial charge in [0.1, 0.15) is 0 Å². The van der Waals surface area contributed by atoms with E-state index in [2.05, 4.69) is 54.5 Å². The Bertz CT molecular complexity index is 598. The molecule has 1 aliphatic rings. The molecule has 2 heterocycles. The van der Waals surface area contributed by atoms with E-state index in [4.69, 9.17) is 0 Å². The fourth-order valence-corrected chi connectivity index (χ4v) is 2.28. The SMILES string of the molecule is CC1(C)C=Cc2c(cccc2-c2ccccn2)N1. The lowest BCUT2D eigenvalue weighted by Crippen LogP contribution is -2.30. The molecule has 2 nitrogen and oxygen atoms in total. The first-order chi connectivity index (χ1) is 8.66. The van der Waals surface area contributed by atoms with E-state index in [0.29, 0.717) is 0 Å². The summed E-state index contributed by atoms with van der Waals surface area (Å²) in [5, 5.41) is 3.53. The first-order valence-electron chi connectivity index (χ1n) is 6.18. The van der Waals surface area contributed by atoms with Crippen molar-refractivity contribution in [2.24, 2.45) is 0 Å². The Kier molecular flexibility index (Phi) is 2.44. The van der Waals surface area contributed by atoms with Crippen molar-refractivity contribution in [3.63, 3.8) is 0 Å². The Morgan fingerprint density at radius 1 is 1.06 bits per heavy atom. The van der Waals surface area contributed by atoms with Crippen LogP contribution in [0.5, 0.6) is 0 Å². The van der Waals surface area contributed by atoms with Crippen LogP contribution in [0.3, 0.4) is 0 Å². The summed E-state index contributed by atoms with van der Waals surface area (Å²) >= 11 is 0. The molecule has 1 aromatic heterocycles. The highest BCUT2D eigenvalue weighted by molar-refractivity contribution is 5.84. The van der Waals surface area contributed by atoms with E-state index in [-0.39, 0.29) is 5.54 Å². The van der Waals surface area contributed by atoms with E-state index in [1.54, 1.807) is 0 Å². The van der Waals surface area contributed by atoms with Gasteiger partial charge in [-0.05, 0) is 32.0 Å². The van der Waals surface area contributed by atoms with Crippen LogP contribution in [0.4, 0.5) is 5.69 Å². The number of hydrogen-bond donors (Lipinski definition) is 1. The quantitative estimate of drug-likeness (QED) is 0.810. The number of nitrogens with zero attached hydrogens (tertiary/aromatic N) is 1. The monoisotopic (exact) mass is 236 g/mol. The fourth-order valence-electron chi connectivity index (χ4n) is 2.28. The maximum atomic E-state index is 4.43. The van der Waals surface area contributed by atoms with E-state index < -0.39 is 0 Å². The number of hydrogen-bond acceptors (Lipinski definition) is 2. The van der Waals surface area contributed by atoms with E-state index in [1.807, 2.05) is 24.4 Å². The van der Waals surface area contributed by atoms with Gasteiger partial charge in [-0.1, -0.05) is 30.4 Å². The molecule has 1 aromatic carbocycles. The van der Waals surface area contributed by atoms with Crippen molar-refractivity contribution in [3.05, 3.63) is 54.2 Å². The molecule has 0 saturated heterocycles.